The number of rotatable bonds is 6. The molecule has 1 amide bonds. The first-order valence-electron chi connectivity index (χ1n) is 9.40. The van der Waals surface area contributed by atoms with Crippen LogP contribution in [0.15, 0.2) is 51.5 Å². The van der Waals surface area contributed by atoms with E-state index in [1.165, 1.54) is 24.5 Å². The van der Waals surface area contributed by atoms with Crippen LogP contribution in [0.3, 0.4) is 0 Å². The van der Waals surface area contributed by atoms with Gasteiger partial charge in [0, 0.05) is 32.2 Å². The zero-order chi connectivity index (χ0) is 21.8. The van der Waals surface area contributed by atoms with Crippen molar-refractivity contribution in [2.75, 3.05) is 37.7 Å². The summed E-state index contributed by atoms with van der Waals surface area (Å²) in [6.07, 6.45) is 1.49. The monoisotopic (exact) mass is 423 g/mol. The molecule has 0 spiro atoms. The van der Waals surface area contributed by atoms with Gasteiger partial charge in [-0.2, -0.15) is 10.2 Å². The summed E-state index contributed by atoms with van der Waals surface area (Å²) in [5.41, 5.74) is -0.0484. The van der Waals surface area contributed by atoms with Gasteiger partial charge < -0.3 is 23.4 Å². The minimum Gasteiger partial charge on any atom is -0.477 e. The molecule has 3 aromatic rings. The van der Waals surface area contributed by atoms with Gasteiger partial charge in [0.15, 0.2) is 18.1 Å². The lowest BCUT2D eigenvalue weighted by Gasteiger charge is -2.34. The van der Waals surface area contributed by atoms with Crippen molar-refractivity contribution in [2.45, 2.75) is 0 Å². The third-order valence-electron chi connectivity index (χ3n) is 4.78. The second-order valence-corrected chi connectivity index (χ2v) is 6.64. The highest BCUT2D eigenvalue weighted by Gasteiger charge is 2.27. The van der Waals surface area contributed by atoms with E-state index in [0.717, 1.165) is 0 Å². The number of nitro groups is 1. The van der Waals surface area contributed by atoms with Crippen molar-refractivity contribution in [2.24, 2.45) is 0 Å². The van der Waals surface area contributed by atoms with E-state index in [2.05, 4.69) is 4.98 Å². The van der Waals surface area contributed by atoms with Crippen molar-refractivity contribution >= 4 is 17.5 Å². The molecule has 0 unspecified atom stereocenters. The van der Waals surface area contributed by atoms with E-state index in [9.17, 15) is 20.2 Å². The van der Waals surface area contributed by atoms with Crippen molar-refractivity contribution in [3.05, 3.63) is 58.5 Å². The Morgan fingerprint density at radius 1 is 1.23 bits per heavy atom. The molecule has 1 saturated heterocycles. The van der Waals surface area contributed by atoms with Crippen LogP contribution in [0.4, 0.5) is 11.6 Å². The molecule has 0 saturated carbocycles. The predicted octanol–water partition coefficient (Wildman–Crippen LogP) is 2.44. The van der Waals surface area contributed by atoms with E-state index in [1.54, 1.807) is 23.1 Å². The van der Waals surface area contributed by atoms with Gasteiger partial charge >= 0.3 is 5.69 Å². The molecule has 11 nitrogen and oxygen atoms in total. The number of anilines is 1. The molecule has 3 heterocycles. The van der Waals surface area contributed by atoms with Crippen molar-refractivity contribution < 1.29 is 23.3 Å². The number of nitro benzene ring substituents is 1. The maximum atomic E-state index is 12.5. The van der Waals surface area contributed by atoms with Crippen LogP contribution in [-0.4, -0.2) is 53.5 Å². The molecule has 4 rings (SSSR count). The van der Waals surface area contributed by atoms with Gasteiger partial charge in [0.25, 0.3) is 11.8 Å². The fourth-order valence-corrected chi connectivity index (χ4v) is 3.22. The Hall–Kier alpha value is -4.33. The molecule has 11 heteroatoms. The third-order valence-corrected chi connectivity index (χ3v) is 4.78. The molecule has 1 aromatic carbocycles. The minimum absolute atomic E-state index is 0.0465. The van der Waals surface area contributed by atoms with Crippen molar-refractivity contribution in [1.29, 1.82) is 5.26 Å². The van der Waals surface area contributed by atoms with Gasteiger partial charge in [-0.3, -0.25) is 14.9 Å². The summed E-state index contributed by atoms with van der Waals surface area (Å²) in [5, 5.41) is 20.4. The quantitative estimate of drug-likeness (QED) is 0.432. The number of nitrogens with zero attached hydrogens (tertiary/aromatic N) is 5. The lowest BCUT2D eigenvalue weighted by molar-refractivity contribution is -0.385. The largest absolute Gasteiger partial charge is 0.477 e. The van der Waals surface area contributed by atoms with Crippen LogP contribution in [0.25, 0.3) is 11.7 Å². The van der Waals surface area contributed by atoms with E-state index >= 15 is 0 Å². The Kier molecular flexibility index (Phi) is 5.53. The van der Waals surface area contributed by atoms with E-state index in [-0.39, 0.29) is 35.5 Å². The van der Waals surface area contributed by atoms with Crippen LogP contribution in [-0.2, 0) is 4.79 Å². The molecule has 0 aliphatic carbocycles. The van der Waals surface area contributed by atoms with E-state index in [1.807, 2.05) is 11.0 Å². The Labute approximate surface area is 176 Å². The molecule has 158 valence electrons. The molecule has 1 aliphatic rings. The summed E-state index contributed by atoms with van der Waals surface area (Å²) >= 11 is 0. The van der Waals surface area contributed by atoms with Gasteiger partial charge in [0.05, 0.1) is 11.2 Å². The first kappa shape index (κ1) is 20.0. The van der Waals surface area contributed by atoms with Crippen molar-refractivity contribution in [1.82, 2.24) is 9.88 Å². The summed E-state index contributed by atoms with van der Waals surface area (Å²) in [5.74, 6) is 0.728. The lowest BCUT2D eigenvalue weighted by atomic mass is 10.3. The number of benzene rings is 1. The number of ether oxygens (including phenoxy) is 1. The van der Waals surface area contributed by atoms with Gasteiger partial charge in [-0.15, -0.1) is 0 Å². The van der Waals surface area contributed by atoms with Gasteiger partial charge in [-0.25, -0.2) is 0 Å². The summed E-state index contributed by atoms with van der Waals surface area (Å²) in [7, 11) is 0. The fraction of sp³-hybridized carbons (Fsp3) is 0.250. The standard InChI is InChI=1S/C20H17N5O6/c21-12-14-20(31-19(22-14)17-6-3-11-29-17)24-9-7-23(8-10-24)18(26)13-30-16-5-2-1-4-15(16)25(27)28/h1-6,11H,7-10,13H2. The van der Waals surface area contributed by atoms with E-state index < -0.39 is 4.92 Å². The topological polar surface area (TPSA) is 139 Å². The number of aromatic nitrogens is 1. The predicted molar refractivity (Wildman–Crippen MR) is 106 cm³/mol. The number of hydrogen-bond acceptors (Lipinski definition) is 9. The van der Waals surface area contributed by atoms with E-state index in [4.69, 9.17) is 13.6 Å². The number of furan rings is 1. The summed E-state index contributed by atoms with van der Waals surface area (Å²) in [4.78, 5) is 30.6. The molecule has 0 bridgehead atoms. The molecule has 0 N–H and O–H groups in total. The number of hydrogen-bond donors (Lipinski definition) is 0. The van der Waals surface area contributed by atoms with Gasteiger partial charge in [-0.1, -0.05) is 12.1 Å². The van der Waals surface area contributed by atoms with Crippen LogP contribution in [0.2, 0.25) is 0 Å². The molecule has 31 heavy (non-hydrogen) atoms. The molecule has 1 aliphatic heterocycles. The van der Waals surface area contributed by atoms with Crippen LogP contribution in [0.5, 0.6) is 5.75 Å². The molecule has 1 fully saturated rings. The number of amides is 1. The van der Waals surface area contributed by atoms with Gasteiger partial charge in [-0.05, 0) is 18.2 Å². The number of carbonyl (C=O) groups is 1. The third kappa shape index (κ3) is 4.18. The van der Waals surface area contributed by atoms with Crippen LogP contribution in [0, 0.1) is 21.4 Å². The minimum atomic E-state index is -0.556. The number of para-hydroxylation sites is 2. The normalized spacial score (nSPS) is 13.6. The summed E-state index contributed by atoms with van der Waals surface area (Å²) in [6, 6.07) is 11.3. The molecular formula is C20H17N5O6. The fourth-order valence-electron chi connectivity index (χ4n) is 3.22. The van der Waals surface area contributed by atoms with Crippen molar-refractivity contribution in [3.63, 3.8) is 0 Å². The Morgan fingerprint density at radius 2 is 2.00 bits per heavy atom. The second kappa shape index (κ2) is 8.58. The number of carbonyl (C=O) groups excluding carboxylic acids is 1. The van der Waals surface area contributed by atoms with Crippen molar-refractivity contribution in [3.8, 4) is 23.5 Å². The first-order valence-corrected chi connectivity index (χ1v) is 9.40. The van der Waals surface area contributed by atoms with E-state index in [0.29, 0.717) is 37.8 Å². The number of nitriles is 1. The highest BCUT2D eigenvalue weighted by atomic mass is 16.6. The summed E-state index contributed by atoms with van der Waals surface area (Å²) < 4.78 is 16.4. The molecular weight excluding hydrogens is 406 g/mol. The second-order valence-electron chi connectivity index (χ2n) is 6.64. The SMILES string of the molecule is N#Cc1nc(-c2ccco2)oc1N1CCN(C(=O)COc2ccccc2[N+](=O)[O-])CC1. The Morgan fingerprint density at radius 3 is 2.68 bits per heavy atom. The first-order chi connectivity index (χ1) is 15.1. The van der Waals surface area contributed by atoms with Gasteiger partial charge in [0.1, 0.15) is 6.07 Å². The summed E-state index contributed by atoms with van der Waals surface area (Å²) in [6.45, 7) is 1.30. The Bertz CT molecular complexity index is 1130. The zero-order valence-electron chi connectivity index (χ0n) is 16.3. The highest BCUT2D eigenvalue weighted by molar-refractivity contribution is 5.78. The smallest absolute Gasteiger partial charge is 0.310 e. The Balaban J connectivity index is 1.36. The lowest BCUT2D eigenvalue weighted by Crippen LogP contribution is -2.50. The molecule has 0 radical (unpaired) electrons. The average Bonchev–Trinajstić information content (AvgIpc) is 3.47. The number of oxazole rings is 1. The van der Waals surface area contributed by atoms with Crippen LogP contribution in [0.1, 0.15) is 5.69 Å². The van der Waals surface area contributed by atoms with Crippen LogP contribution < -0.4 is 9.64 Å². The number of piperazine rings is 1. The maximum absolute atomic E-state index is 12.5. The average molecular weight is 423 g/mol. The van der Waals surface area contributed by atoms with Crippen LogP contribution >= 0.6 is 0 Å². The molecule has 2 aromatic heterocycles. The molecule has 0 atom stereocenters. The highest BCUT2D eigenvalue weighted by Crippen LogP contribution is 2.29. The maximum Gasteiger partial charge on any atom is 0.310 e. The van der Waals surface area contributed by atoms with Gasteiger partial charge in [0.2, 0.25) is 11.6 Å². The zero-order valence-corrected chi connectivity index (χ0v) is 16.3.